The first-order valence-electron chi connectivity index (χ1n) is 7.81. The third-order valence-electron chi connectivity index (χ3n) is 4.46. The molecule has 116 valence electrons. The summed E-state index contributed by atoms with van der Waals surface area (Å²) in [6.45, 7) is 6.05. The second-order valence-electron chi connectivity index (χ2n) is 6.05. The third kappa shape index (κ3) is 3.82. The number of carbonyl (C=O) groups is 1. The van der Waals surface area contributed by atoms with E-state index in [4.69, 9.17) is 0 Å². The summed E-state index contributed by atoms with van der Waals surface area (Å²) in [6.07, 6.45) is 3.69. The van der Waals surface area contributed by atoms with Gasteiger partial charge in [-0.3, -0.25) is 4.79 Å². The first kappa shape index (κ1) is 16.0. The van der Waals surface area contributed by atoms with Crippen LogP contribution in [0.15, 0.2) is 18.2 Å². The van der Waals surface area contributed by atoms with Gasteiger partial charge < -0.3 is 10.6 Å². The highest BCUT2D eigenvalue weighted by Gasteiger charge is 2.38. The Bertz CT molecular complexity index is 490. The summed E-state index contributed by atoms with van der Waals surface area (Å²) >= 11 is 0. The van der Waals surface area contributed by atoms with Gasteiger partial charge in [0.25, 0.3) is 0 Å². The molecule has 0 aliphatic carbocycles. The molecule has 1 aliphatic heterocycles. The summed E-state index contributed by atoms with van der Waals surface area (Å²) in [5, 5.41) is 6.32. The number of rotatable bonds is 5. The number of nitrogens with one attached hydrogen (secondary N) is 2. The van der Waals surface area contributed by atoms with Crippen molar-refractivity contribution in [3.63, 3.8) is 0 Å². The van der Waals surface area contributed by atoms with E-state index in [0.29, 0.717) is 12.1 Å². The van der Waals surface area contributed by atoms with Gasteiger partial charge in [-0.15, -0.1) is 0 Å². The van der Waals surface area contributed by atoms with Crippen LogP contribution in [0.3, 0.4) is 0 Å². The molecule has 1 aromatic carbocycles. The molecule has 0 radical (unpaired) electrons. The van der Waals surface area contributed by atoms with Gasteiger partial charge in [-0.05, 0) is 56.5 Å². The zero-order valence-electron chi connectivity index (χ0n) is 13.0. The fraction of sp³-hybridized carbons (Fsp3) is 0.588. The third-order valence-corrected chi connectivity index (χ3v) is 4.46. The van der Waals surface area contributed by atoms with Crippen LogP contribution in [0.1, 0.15) is 43.7 Å². The van der Waals surface area contributed by atoms with Crippen LogP contribution in [-0.2, 0) is 11.3 Å². The van der Waals surface area contributed by atoms with Gasteiger partial charge >= 0.3 is 0 Å². The van der Waals surface area contributed by atoms with Crippen LogP contribution >= 0.6 is 0 Å². The van der Waals surface area contributed by atoms with Crippen molar-refractivity contribution < 1.29 is 9.18 Å². The molecular weight excluding hydrogens is 267 g/mol. The van der Waals surface area contributed by atoms with Gasteiger partial charge in [-0.25, -0.2) is 4.39 Å². The Morgan fingerprint density at radius 3 is 2.71 bits per heavy atom. The largest absolute Gasteiger partial charge is 0.352 e. The summed E-state index contributed by atoms with van der Waals surface area (Å²) in [4.78, 5) is 12.6. The Balaban J connectivity index is 2.00. The molecule has 0 bridgehead atoms. The number of hydrogen-bond donors (Lipinski definition) is 2. The van der Waals surface area contributed by atoms with Crippen LogP contribution in [0.25, 0.3) is 0 Å². The Hall–Kier alpha value is -1.42. The van der Waals surface area contributed by atoms with Gasteiger partial charge in [0, 0.05) is 6.54 Å². The van der Waals surface area contributed by atoms with Crippen LogP contribution in [-0.4, -0.2) is 19.0 Å². The minimum Gasteiger partial charge on any atom is -0.352 e. The van der Waals surface area contributed by atoms with Crippen LogP contribution in [0.2, 0.25) is 0 Å². The lowest BCUT2D eigenvalue weighted by molar-refractivity contribution is -0.133. The number of amides is 1. The molecule has 0 atom stereocenters. The highest BCUT2D eigenvalue weighted by atomic mass is 19.1. The van der Waals surface area contributed by atoms with Crippen LogP contribution in [0.4, 0.5) is 4.39 Å². The van der Waals surface area contributed by atoms with E-state index in [2.05, 4.69) is 17.6 Å². The zero-order valence-corrected chi connectivity index (χ0v) is 13.0. The fourth-order valence-corrected chi connectivity index (χ4v) is 3.09. The highest BCUT2D eigenvalue weighted by Crippen LogP contribution is 2.34. The fourth-order valence-electron chi connectivity index (χ4n) is 3.09. The van der Waals surface area contributed by atoms with Crippen LogP contribution < -0.4 is 10.6 Å². The van der Waals surface area contributed by atoms with Crippen molar-refractivity contribution in [2.24, 2.45) is 5.41 Å². The summed E-state index contributed by atoms with van der Waals surface area (Å²) in [5.74, 6) is -0.0984. The Kier molecular flexibility index (Phi) is 5.34. The number of piperidine rings is 1. The number of benzene rings is 1. The van der Waals surface area contributed by atoms with E-state index in [1.54, 1.807) is 13.0 Å². The monoisotopic (exact) mass is 292 g/mol. The summed E-state index contributed by atoms with van der Waals surface area (Å²) in [5.41, 5.74) is 1.20. The van der Waals surface area contributed by atoms with Crippen LogP contribution in [0, 0.1) is 18.2 Å². The lowest BCUT2D eigenvalue weighted by Gasteiger charge is -2.36. The Labute approximate surface area is 126 Å². The minimum absolute atomic E-state index is 0.117. The van der Waals surface area contributed by atoms with Crippen molar-refractivity contribution in [3.05, 3.63) is 35.1 Å². The van der Waals surface area contributed by atoms with Gasteiger partial charge in [-0.2, -0.15) is 0 Å². The number of aryl methyl sites for hydroxylation is 1. The molecular formula is C17H25FN2O. The van der Waals surface area contributed by atoms with E-state index in [1.807, 2.05) is 6.07 Å². The lowest BCUT2D eigenvalue weighted by atomic mass is 9.74. The van der Waals surface area contributed by atoms with E-state index >= 15 is 0 Å². The van der Waals surface area contributed by atoms with Crippen molar-refractivity contribution in [2.45, 2.75) is 46.1 Å². The molecule has 0 saturated carbocycles. The molecule has 1 aromatic rings. The molecule has 0 unspecified atom stereocenters. The summed E-state index contributed by atoms with van der Waals surface area (Å²) in [6, 6.07) is 5.13. The van der Waals surface area contributed by atoms with E-state index in [9.17, 15) is 9.18 Å². The van der Waals surface area contributed by atoms with Crippen molar-refractivity contribution in [3.8, 4) is 0 Å². The maximum absolute atomic E-state index is 13.5. The van der Waals surface area contributed by atoms with Gasteiger partial charge in [0.2, 0.25) is 5.91 Å². The smallest absolute Gasteiger partial charge is 0.226 e. The summed E-state index contributed by atoms with van der Waals surface area (Å²) in [7, 11) is 0. The van der Waals surface area contributed by atoms with Crippen molar-refractivity contribution in [2.75, 3.05) is 13.1 Å². The number of hydrogen-bond acceptors (Lipinski definition) is 2. The molecule has 1 heterocycles. The minimum atomic E-state index is -0.247. The van der Waals surface area contributed by atoms with Gasteiger partial charge in [-0.1, -0.05) is 25.5 Å². The molecule has 0 spiro atoms. The second-order valence-corrected chi connectivity index (χ2v) is 6.05. The quantitative estimate of drug-likeness (QED) is 0.876. The standard InChI is InChI=1S/C17H25FN2O/c1-3-6-17(7-9-19-10-8-17)16(21)20-12-14-5-4-13(2)15(18)11-14/h4-5,11,19H,3,6-10,12H2,1-2H3,(H,20,21). The van der Waals surface area contributed by atoms with Crippen molar-refractivity contribution >= 4 is 5.91 Å². The second kappa shape index (κ2) is 7.03. The van der Waals surface area contributed by atoms with E-state index in [0.717, 1.165) is 44.3 Å². The molecule has 1 amide bonds. The molecule has 21 heavy (non-hydrogen) atoms. The van der Waals surface area contributed by atoms with Gasteiger partial charge in [0.15, 0.2) is 0 Å². The van der Waals surface area contributed by atoms with Gasteiger partial charge in [0.05, 0.1) is 5.41 Å². The van der Waals surface area contributed by atoms with Crippen molar-refractivity contribution in [1.29, 1.82) is 0 Å². The average molecular weight is 292 g/mol. The lowest BCUT2D eigenvalue weighted by Crippen LogP contribution is -2.47. The average Bonchev–Trinajstić information content (AvgIpc) is 2.49. The van der Waals surface area contributed by atoms with E-state index < -0.39 is 0 Å². The molecule has 2 rings (SSSR count). The molecule has 1 saturated heterocycles. The zero-order chi connectivity index (χ0) is 15.3. The predicted molar refractivity (Wildman–Crippen MR) is 82.4 cm³/mol. The van der Waals surface area contributed by atoms with Crippen LogP contribution in [0.5, 0.6) is 0 Å². The first-order valence-corrected chi connectivity index (χ1v) is 7.81. The number of halogens is 1. The SMILES string of the molecule is CCCC1(C(=O)NCc2ccc(C)c(F)c2)CCNCC1. The Morgan fingerprint density at radius 1 is 1.38 bits per heavy atom. The Morgan fingerprint density at radius 2 is 2.10 bits per heavy atom. The predicted octanol–water partition coefficient (Wildman–Crippen LogP) is 2.92. The molecule has 2 N–H and O–H groups in total. The molecule has 0 aromatic heterocycles. The maximum atomic E-state index is 13.5. The summed E-state index contributed by atoms with van der Waals surface area (Å²) < 4.78 is 13.5. The topological polar surface area (TPSA) is 41.1 Å². The van der Waals surface area contributed by atoms with E-state index in [1.165, 1.54) is 6.07 Å². The van der Waals surface area contributed by atoms with E-state index in [-0.39, 0.29) is 17.1 Å². The van der Waals surface area contributed by atoms with Gasteiger partial charge in [0.1, 0.15) is 5.82 Å². The molecule has 1 fully saturated rings. The first-order chi connectivity index (χ1) is 10.1. The number of carbonyl (C=O) groups excluding carboxylic acids is 1. The molecule has 4 heteroatoms. The van der Waals surface area contributed by atoms with Crippen molar-refractivity contribution in [1.82, 2.24) is 10.6 Å². The molecule has 1 aliphatic rings. The maximum Gasteiger partial charge on any atom is 0.226 e. The normalized spacial score (nSPS) is 17.5. The molecule has 3 nitrogen and oxygen atoms in total. The highest BCUT2D eigenvalue weighted by molar-refractivity contribution is 5.82.